The molecule has 2 aliphatic rings. The summed E-state index contributed by atoms with van der Waals surface area (Å²) in [6.07, 6.45) is 2.68. The van der Waals surface area contributed by atoms with Crippen LogP contribution in [-0.4, -0.2) is 31.1 Å². The summed E-state index contributed by atoms with van der Waals surface area (Å²) in [7, 11) is 2.20. The van der Waals surface area contributed by atoms with Crippen LogP contribution in [0.3, 0.4) is 0 Å². The molecule has 2 nitrogen and oxygen atoms in total. The van der Waals surface area contributed by atoms with Crippen LogP contribution in [0.15, 0.2) is 47.4 Å². The quantitative estimate of drug-likeness (QED) is 0.780. The van der Waals surface area contributed by atoms with Crippen LogP contribution in [0.5, 0.6) is 0 Å². The molecule has 1 atom stereocenters. The molecule has 24 heavy (non-hydrogen) atoms. The Labute approximate surface area is 149 Å². The van der Waals surface area contributed by atoms with Gasteiger partial charge in [-0.05, 0) is 49.6 Å². The van der Waals surface area contributed by atoms with Crippen LogP contribution in [0.4, 0.5) is 0 Å². The van der Waals surface area contributed by atoms with Gasteiger partial charge in [0.25, 0.3) is 0 Å². The molecule has 0 aromatic heterocycles. The second kappa shape index (κ2) is 6.91. The van der Waals surface area contributed by atoms with Crippen LogP contribution in [0.1, 0.15) is 41.2 Å². The van der Waals surface area contributed by atoms with Crippen LogP contribution in [-0.2, 0) is 10.5 Å². The lowest BCUT2D eigenvalue weighted by molar-refractivity contribution is -0.0245. The topological polar surface area (TPSA) is 12.5 Å². The molecule has 1 saturated heterocycles. The van der Waals surface area contributed by atoms with Crippen molar-refractivity contribution in [3.05, 3.63) is 64.7 Å². The predicted molar refractivity (Wildman–Crippen MR) is 101 cm³/mol. The van der Waals surface area contributed by atoms with E-state index in [4.69, 9.17) is 4.74 Å². The summed E-state index contributed by atoms with van der Waals surface area (Å²) in [5.74, 6) is 1.03. The maximum Gasteiger partial charge on any atom is 0.109 e. The van der Waals surface area contributed by atoms with E-state index in [0.29, 0.717) is 6.10 Å². The molecule has 126 valence electrons. The Morgan fingerprint density at radius 1 is 1.04 bits per heavy atom. The van der Waals surface area contributed by atoms with Crippen molar-refractivity contribution in [3.8, 4) is 0 Å². The lowest BCUT2D eigenvalue weighted by Gasteiger charge is -2.32. The summed E-state index contributed by atoms with van der Waals surface area (Å²) in [6, 6.07) is 15.6. The third-order valence-corrected chi connectivity index (χ3v) is 6.30. The number of thioether (sulfide) groups is 1. The average Bonchev–Trinajstić information content (AvgIpc) is 2.74. The van der Waals surface area contributed by atoms with E-state index < -0.39 is 0 Å². The lowest BCUT2D eigenvalue weighted by Crippen LogP contribution is -2.35. The molecule has 0 bridgehead atoms. The van der Waals surface area contributed by atoms with Crippen molar-refractivity contribution in [2.24, 2.45) is 0 Å². The van der Waals surface area contributed by atoms with Crippen LogP contribution >= 0.6 is 11.8 Å². The molecular formula is C21H25NOS. The van der Waals surface area contributed by atoms with E-state index >= 15 is 0 Å². The van der Waals surface area contributed by atoms with Gasteiger partial charge >= 0.3 is 0 Å². The Hall–Kier alpha value is -1.29. The van der Waals surface area contributed by atoms with Crippen LogP contribution in [0.25, 0.3) is 0 Å². The number of ether oxygens (including phenoxy) is 1. The van der Waals surface area contributed by atoms with Crippen molar-refractivity contribution in [2.45, 2.75) is 42.6 Å². The summed E-state index contributed by atoms with van der Waals surface area (Å²) in [5.41, 5.74) is 5.43. The zero-order valence-electron chi connectivity index (χ0n) is 14.5. The van der Waals surface area contributed by atoms with Crippen LogP contribution in [0.2, 0.25) is 0 Å². The smallest absolute Gasteiger partial charge is 0.109 e. The monoisotopic (exact) mass is 339 g/mol. The Morgan fingerprint density at radius 3 is 2.67 bits per heavy atom. The predicted octanol–water partition coefficient (Wildman–Crippen LogP) is 4.80. The van der Waals surface area contributed by atoms with E-state index in [1.165, 1.54) is 27.1 Å². The number of likely N-dealkylation sites (tertiary alicyclic amines) is 1. The van der Waals surface area contributed by atoms with Gasteiger partial charge < -0.3 is 9.64 Å². The normalized spacial score (nSPS) is 21.8. The number of rotatable bonds is 2. The Kier molecular flexibility index (Phi) is 4.66. The highest BCUT2D eigenvalue weighted by molar-refractivity contribution is 7.98. The summed E-state index contributed by atoms with van der Waals surface area (Å²) >= 11 is 1.94. The zero-order valence-corrected chi connectivity index (χ0v) is 15.3. The van der Waals surface area contributed by atoms with Gasteiger partial charge in [-0.1, -0.05) is 42.0 Å². The number of benzene rings is 2. The summed E-state index contributed by atoms with van der Waals surface area (Å²) < 4.78 is 6.73. The highest BCUT2D eigenvalue weighted by Gasteiger charge is 2.28. The molecule has 4 rings (SSSR count). The third kappa shape index (κ3) is 3.26. The first kappa shape index (κ1) is 16.2. The standard InChI is InChI=1S/C21H25NOS/c1-15-7-8-20-19(13-15)21(23-17-9-11-22(2)12-10-17)18-6-4-3-5-16(18)14-24-20/h3-8,13,17,21H,9-12,14H2,1-2H3. The molecule has 2 aromatic rings. The zero-order chi connectivity index (χ0) is 16.5. The van der Waals surface area contributed by atoms with E-state index in [2.05, 4.69) is 61.3 Å². The molecule has 0 N–H and O–H groups in total. The molecular weight excluding hydrogens is 314 g/mol. The first-order valence-corrected chi connectivity index (χ1v) is 9.84. The molecule has 3 heteroatoms. The van der Waals surface area contributed by atoms with Crippen molar-refractivity contribution < 1.29 is 4.74 Å². The van der Waals surface area contributed by atoms with Crippen LogP contribution in [0, 0.1) is 6.92 Å². The van der Waals surface area contributed by atoms with Gasteiger partial charge in [0, 0.05) is 23.7 Å². The molecule has 1 unspecified atom stereocenters. The lowest BCUT2D eigenvalue weighted by atomic mass is 9.95. The van der Waals surface area contributed by atoms with Gasteiger partial charge in [0.15, 0.2) is 0 Å². The van der Waals surface area contributed by atoms with Crippen molar-refractivity contribution >= 4 is 11.8 Å². The summed E-state index contributed by atoms with van der Waals surface area (Å²) in [6.45, 7) is 4.44. The molecule has 2 aliphatic heterocycles. The van der Waals surface area contributed by atoms with Gasteiger partial charge in [-0.2, -0.15) is 0 Å². The third-order valence-electron chi connectivity index (χ3n) is 5.16. The van der Waals surface area contributed by atoms with E-state index in [1.807, 2.05) is 11.8 Å². The fourth-order valence-electron chi connectivity index (χ4n) is 3.71. The molecule has 0 amide bonds. The molecule has 2 heterocycles. The van der Waals surface area contributed by atoms with Crippen molar-refractivity contribution in [1.29, 1.82) is 0 Å². The number of aryl methyl sites for hydroxylation is 1. The summed E-state index contributed by atoms with van der Waals surface area (Å²) in [5, 5.41) is 0. The number of hydrogen-bond acceptors (Lipinski definition) is 3. The van der Waals surface area contributed by atoms with Gasteiger partial charge in [-0.3, -0.25) is 0 Å². The van der Waals surface area contributed by atoms with Crippen molar-refractivity contribution in [2.75, 3.05) is 20.1 Å². The molecule has 0 saturated carbocycles. The second-order valence-electron chi connectivity index (χ2n) is 7.05. The fraction of sp³-hybridized carbons (Fsp3) is 0.429. The largest absolute Gasteiger partial charge is 0.365 e. The van der Waals surface area contributed by atoms with Gasteiger partial charge in [-0.15, -0.1) is 11.8 Å². The van der Waals surface area contributed by atoms with Gasteiger partial charge in [0.05, 0.1) is 6.10 Å². The minimum Gasteiger partial charge on any atom is -0.365 e. The average molecular weight is 340 g/mol. The Bertz CT molecular complexity index is 722. The molecule has 0 aliphatic carbocycles. The van der Waals surface area contributed by atoms with Crippen molar-refractivity contribution in [1.82, 2.24) is 4.90 Å². The summed E-state index contributed by atoms with van der Waals surface area (Å²) in [4.78, 5) is 3.77. The molecule has 2 aromatic carbocycles. The maximum atomic E-state index is 6.73. The van der Waals surface area contributed by atoms with E-state index in [0.717, 1.165) is 31.7 Å². The first-order valence-electron chi connectivity index (χ1n) is 8.86. The maximum absolute atomic E-state index is 6.73. The van der Waals surface area contributed by atoms with Crippen molar-refractivity contribution in [3.63, 3.8) is 0 Å². The SMILES string of the molecule is Cc1ccc2c(c1)C(OC1CCN(C)CC1)c1ccccc1CS2. The number of piperidine rings is 1. The number of nitrogens with zero attached hydrogens (tertiary/aromatic N) is 1. The van der Waals surface area contributed by atoms with E-state index in [9.17, 15) is 0 Å². The number of hydrogen-bond donors (Lipinski definition) is 0. The van der Waals surface area contributed by atoms with Gasteiger partial charge in [0.2, 0.25) is 0 Å². The Morgan fingerprint density at radius 2 is 1.83 bits per heavy atom. The van der Waals surface area contributed by atoms with Gasteiger partial charge in [-0.25, -0.2) is 0 Å². The van der Waals surface area contributed by atoms with E-state index in [1.54, 1.807) is 0 Å². The highest BCUT2D eigenvalue weighted by atomic mass is 32.2. The minimum absolute atomic E-state index is 0.0690. The fourth-order valence-corrected chi connectivity index (χ4v) is 4.78. The molecule has 0 radical (unpaired) electrons. The molecule has 0 spiro atoms. The second-order valence-corrected chi connectivity index (χ2v) is 8.06. The van der Waals surface area contributed by atoms with E-state index in [-0.39, 0.29) is 6.10 Å². The minimum atomic E-state index is 0.0690. The number of fused-ring (bicyclic) bond motifs is 2. The van der Waals surface area contributed by atoms with Gasteiger partial charge in [0.1, 0.15) is 6.10 Å². The highest BCUT2D eigenvalue weighted by Crippen LogP contribution is 2.42. The Balaban J connectivity index is 1.71. The van der Waals surface area contributed by atoms with Crippen LogP contribution < -0.4 is 0 Å². The first-order chi connectivity index (χ1) is 11.7. The molecule has 1 fully saturated rings.